The van der Waals surface area contributed by atoms with Crippen molar-refractivity contribution in [2.75, 3.05) is 6.54 Å². The van der Waals surface area contributed by atoms with Gasteiger partial charge in [0.25, 0.3) is 0 Å². The van der Waals surface area contributed by atoms with Crippen molar-refractivity contribution in [3.63, 3.8) is 0 Å². The lowest BCUT2D eigenvalue weighted by Gasteiger charge is -2.23. The normalized spacial score (nSPS) is 18.7. The predicted octanol–water partition coefficient (Wildman–Crippen LogP) is 2.44. The number of hydrogen-bond donors (Lipinski definition) is 1. The lowest BCUT2D eigenvalue weighted by Crippen LogP contribution is -2.40. The Morgan fingerprint density at radius 2 is 2.29 bits per heavy atom. The van der Waals surface area contributed by atoms with Gasteiger partial charge in [0.2, 0.25) is 0 Å². The number of aryl methyl sites for hydroxylation is 1. The molecule has 0 saturated heterocycles. The van der Waals surface area contributed by atoms with Crippen molar-refractivity contribution in [1.82, 2.24) is 20.3 Å². The van der Waals surface area contributed by atoms with Gasteiger partial charge in [0.1, 0.15) is 0 Å². The fourth-order valence-corrected chi connectivity index (χ4v) is 4.22. The summed E-state index contributed by atoms with van der Waals surface area (Å²) in [6, 6.07) is 9.20. The number of fused-ring (bicyclic) bond motifs is 1. The van der Waals surface area contributed by atoms with Crippen molar-refractivity contribution in [3.8, 4) is 0 Å². The van der Waals surface area contributed by atoms with Crippen LogP contribution in [-0.2, 0) is 19.9 Å². The van der Waals surface area contributed by atoms with Crippen LogP contribution in [0.25, 0.3) is 0 Å². The number of rotatable bonds is 6. The molecule has 112 valence electrons. The number of aromatic nitrogens is 3. The van der Waals surface area contributed by atoms with Crippen molar-refractivity contribution in [2.24, 2.45) is 7.05 Å². The molecule has 2 unspecified atom stereocenters. The summed E-state index contributed by atoms with van der Waals surface area (Å²) in [5, 5.41) is 12.6. The third-order valence-electron chi connectivity index (χ3n) is 3.86. The molecule has 0 aliphatic carbocycles. The van der Waals surface area contributed by atoms with Crippen LogP contribution in [0.4, 0.5) is 0 Å². The maximum absolute atomic E-state index is 4.25. The molecule has 4 nitrogen and oxygen atoms in total. The maximum atomic E-state index is 4.25. The van der Waals surface area contributed by atoms with E-state index >= 15 is 0 Å². The molecule has 0 fully saturated rings. The molecule has 1 aromatic carbocycles. The zero-order valence-corrected chi connectivity index (χ0v) is 13.4. The van der Waals surface area contributed by atoms with Gasteiger partial charge in [0.15, 0.2) is 0 Å². The third-order valence-corrected chi connectivity index (χ3v) is 5.31. The number of hydrogen-bond acceptors (Lipinski definition) is 4. The topological polar surface area (TPSA) is 42.7 Å². The van der Waals surface area contributed by atoms with E-state index in [0.717, 1.165) is 31.5 Å². The molecule has 3 rings (SSSR count). The van der Waals surface area contributed by atoms with Gasteiger partial charge >= 0.3 is 0 Å². The summed E-state index contributed by atoms with van der Waals surface area (Å²) in [5.41, 5.74) is 2.55. The first-order valence-corrected chi connectivity index (χ1v) is 8.47. The van der Waals surface area contributed by atoms with Crippen LogP contribution in [0.15, 0.2) is 35.4 Å². The summed E-state index contributed by atoms with van der Waals surface area (Å²) in [6.45, 7) is 3.27. The number of nitrogens with one attached hydrogen (secondary N) is 1. The molecule has 5 heteroatoms. The van der Waals surface area contributed by atoms with Crippen LogP contribution in [0.2, 0.25) is 0 Å². The summed E-state index contributed by atoms with van der Waals surface area (Å²) in [5.74, 6) is 0. The smallest absolute Gasteiger partial charge is 0.0842 e. The highest BCUT2D eigenvalue weighted by atomic mass is 32.2. The van der Waals surface area contributed by atoms with Crippen LogP contribution in [0.5, 0.6) is 0 Å². The van der Waals surface area contributed by atoms with Gasteiger partial charge in [0.05, 0.1) is 5.69 Å². The molecule has 0 spiro atoms. The van der Waals surface area contributed by atoms with E-state index in [1.807, 2.05) is 25.0 Å². The molecular formula is C16H22N4S. The molecule has 1 aliphatic heterocycles. The SMILES string of the molecule is CCCNC(Cc1cn(C)nn1)C1Cc2ccccc2S1. The van der Waals surface area contributed by atoms with Crippen LogP contribution in [-0.4, -0.2) is 32.8 Å². The molecule has 0 bridgehead atoms. The van der Waals surface area contributed by atoms with Crippen LogP contribution < -0.4 is 5.32 Å². The Morgan fingerprint density at radius 1 is 1.43 bits per heavy atom. The largest absolute Gasteiger partial charge is 0.312 e. The maximum Gasteiger partial charge on any atom is 0.0842 e. The number of nitrogens with zero attached hydrogens (tertiary/aromatic N) is 3. The van der Waals surface area contributed by atoms with Crippen molar-refractivity contribution in [2.45, 2.75) is 42.4 Å². The summed E-state index contributed by atoms with van der Waals surface area (Å²) in [4.78, 5) is 1.44. The molecule has 21 heavy (non-hydrogen) atoms. The highest BCUT2D eigenvalue weighted by molar-refractivity contribution is 8.00. The van der Waals surface area contributed by atoms with E-state index in [1.165, 1.54) is 10.5 Å². The van der Waals surface area contributed by atoms with E-state index in [4.69, 9.17) is 0 Å². The van der Waals surface area contributed by atoms with Gasteiger partial charge in [-0.3, -0.25) is 4.68 Å². The van der Waals surface area contributed by atoms with E-state index in [2.05, 4.69) is 46.8 Å². The van der Waals surface area contributed by atoms with Gasteiger partial charge in [-0.1, -0.05) is 30.3 Å². The molecule has 1 N–H and O–H groups in total. The van der Waals surface area contributed by atoms with Gasteiger partial charge in [-0.15, -0.1) is 16.9 Å². The lowest BCUT2D eigenvalue weighted by atomic mass is 10.0. The standard InChI is InChI=1S/C16H22N4S/c1-3-8-17-14(10-13-11-20(2)19-18-13)16-9-12-6-4-5-7-15(12)21-16/h4-7,11,14,16-17H,3,8-10H2,1-2H3. The van der Waals surface area contributed by atoms with E-state index in [-0.39, 0.29) is 0 Å². The highest BCUT2D eigenvalue weighted by Crippen LogP contribution is 2.38. The van der Waals surface area contributed by atoms with Crippen molar-refractivity contribution in [3.05, 3.63) is 41.7 Å². The molecule has 0 amide bonds. The Labute approximate surface area is 130 Å². The first-order valence-electron chi connectivity index (χ1n) is 7.59. The fourth-order valence-electron chi connectivity index (χ4n) is 2.81. The van der Waals surface area contributed by atoms with Crippen molar-refractivity contribution < 1.29 is 0 Å². The minimum absolute atomic E-state index is 0.444. The van der Waals surface area contributed by atoms with Gasteiger partial charge in [-0.25, -0.2) is 0 Å². The van der Waals surface area contributed by atoms with Crippen LogP contribution >= 0.6 is 11.8 Å². The zero-order chi connectivity index (χ0) is 14.7. The van der Waals surface area contributed by atoms with E-state index in [1.54, 1.807) is 4.68 Å². The molecule has 2 atom stereocenters. The molecular weight excluding hydrogens is 280 g/mol. The van der Waals surface area contributed by atoms with Gasteiger partial charge in [-0.2, -0.15) is 0 Å². The summed E-state index contributed by atoms with van der Waals surface area (Å²) in [7, 11) is 1.92. The van der Waals surface area contributed by atoms with Crippen LogP contribution in [0, 0.1) is 0 Å². The second kappa shape index (κ2) is 6.62. The Bertz CT molecular complexity index is 570. The summed E-state index contributed by atoms with van der Waals surface area (Å²) in [6.07, 6.45) is 5.26. The van der Waals surface area contributed by atoms with Gasteiger partial charge in [0, 0.05) is 35.9 Å². The third kappa shape index (κ3) is 3.47. The average molecular weight is 302 g/mol. The van der Waals surface area contributed by atoms with Crippen molar-refractivity contribution in [1.29, 1.82) is 0 Å². The minimum atomic E-state index is 0.444. The van der Waals surface area contributed by atoms with E-state index in [0.29, 0.717) is 11.3 Å². The first-order chi connectivity index (χ1) is 10.3. The fraction of sp³-hybridized carbons (Fsp3) is 0.500. The Hall–Kier alpha value is -1.33. The molecule has 0 radical (unpaired) electrons. The van der Waals surface area contributed by atoms with Gasteiger partial charge < -0.3 is 5.32 Å². The molecule has 2 aromatic rings. The monoisotopic (exact) mass is 302 g/mol. The summed E-state index contributed by atoms with van der Waals surface area (Å²) >= 11 is 2.00. The minimum Gasteiger partial charge on any atom is -0.312 e. The van der Waals surface area contributed by atoms with E-state index < -0.39 is 0 Å². The molecule has 1 aromatic heterocycles. The lowest BCUT2D eigenvalue weighted by molar-refractivity contribution is 0.487. The second-order valence-electron chi connectivity index (χ2n) is 5.62. The second-order valence-corrected chi connectivity index (χ2v) is 6.90. The zero-order valence-electron chi connectivity index (χ0n) is 12.6. The Morgan fingerprint density at radius 3 is 3.00 bits per heavy atom. The predicted molar refractivity (Wildman–Crippen MR) is 86.6 cm³/mol. The first kappa shape index (κ1) is 14.6. The highest BCUT2D eigenvalue weighted by Gasteiger charge is 2.29. The number of benzene rings is 1. The molecule has 2 heterocycles. The van der Waals surface area contributed by atoms with Gasteiger partial charge in [-0.05, 0) is 31.0 Å². The Balaban J connectivity index is 1.71. The van der Waals surface area contributed by atoms with E-state index in [9.17, 15) is 0 Å². The van der Waals surface area contributed by atoms with Crippen LogP contribution in [0.3, 0.4) is 0 Å². The van der Waals surface area contributed by atoms with Crippen molar-refractivity contribution >= 4 is 11.8 Å². The average Bonchev–Trinajstić information content (AvgIpc) is 3.09. The quantitative estimate of drug-likeness (QED) is 0.890. The Kier molecular flexibility index (Phi) is 4.60. The summed E-state index contributed by atoms with van der Waals surface area (Å²) < 4.78 is 1.78. The number of thioether (sulfide) groups is 1. The van der Waals surface area contributed by atoms with Crippen LogP contribution in [0.1, 0.15) is 24.6 Å². The molecule has 1 aliphatic rings. The molecule has 0 saturated carbocycles.